The molecule has 1 aliphatic heterocycles. The van der Waals surface area contributed by atoms with Crippen LogP contribution in [0.15, 0.2) is 30.5 Å². The van der Waals surface area contributed by atoms with E-state index in [1.54, 1.807) is 35.1 Å². The van der Waals surface area contributed by atoms with Crippen LogP contribution in [-0.2, 0) is 11.8 Å². The predicted molar refractivity (Wildman–Crippen MR) is 83.7 cm³/mol. The van der Waals surface area contributed by atoms with Crippen molar-refractivity contribution in [2.24, 2.45) is 7.05 Å². The molecule has 0 spiro atoms. The van der Waals surface area contributed by atoms with Crippen LogP contribution in [0, 0.1) is 18.3 Å². The van der Waals surface area contributed by atoms with Gasteiger partial charge in [-0.25, -0.2) is 0 Å². The molecule has 1 aromatic carbocycles. The predicted octanol–water partition coefficient (Wildman–Crippen LogP) is 1.86. The van der Waals surface area contributed by atoms with Gasteiger partial charge in [-0.15, -0.1) is 0 Å². The van der Waals surface area contributed by atoms with Gasteiger partial charge < -0.3 is 10.1 Å². The van der Waals surface area contributed by atoms with Gasteiger partial charge in [0.2, 0.25) is 0 Å². The maximum Gasteiger partial charge on any atom is 0.251 e. The van der Waals surface area contributed by atoms with E-state index >= 15 is 0 Å². The fourth-order valence-corrected chi connectivity index (χ4v) is 2.82. The number of hydrogen-bond acceptors (Lipinski definition) is 4. The standard InChI is InChI=1S/C17H18N4O2/c1-11-14(10-19-21(11)2)16-15(6-7-23-16)20-17(22)13-5-3-4-12(8-13)9-18/h3-5,8,10,15-16H,6-7H2,1-2H3,(H,20,22)/t15-,16+/m0/s1. The molecule has 2 atom stereocenters. The first-order chi connectivity index (χ1) is 11.1. The van der Waals surface area contributed by atoms with Crippen molar-refractivity contribution in [2.75, 3.05) is 6.61 Å². The van der Waals surface area contributed by atoms with Gasteiger partial charge >= 0.3 is 0 Å². The Morgan fingerprint density at radius 2 is 2.35 bits per heavy atom. The Bertz CT molecular complexity index is 775. The summed E-state index contributed by atoms with van der Waals surface area (Å²) in [5.41, 5.74) is 2.99. The summed E-state index contributed by atoms with van der Waals surface area (Å²) in [4.78, 5) is 12.4. The van der Waals surface area contributed by atoms with Crippen LogP contribution in [-0.4, -0.2) is 28.3 Å². The van der Waals surface area contributed by atoms with E-state index in [2.05, 4.69) is 10.4 Å². The fraction of sp³-hybridized carbons (Fsp3) is 0.353. The number of hydrogen-bond donors (Lipinski definition) is 1. The van der Waals surface area contributed by atoms with Gasteiger partial charge in [0.05, 0.1) is 23.9 Å². The monoisotopic (exact) mass is 310 g/mol. The summed E-state index contributed by atoms with van der Waals surface area (Å²) in [6.07, 6.45) is 2.36. The average Bonchev–Trinajstić information content (AvgIpc) is 3.15. The second-order valence-electron chi connectivity index (χ2n) is 5.66. The lowest BCUT2D eigenvalue weighted by atomic mass is 10.0. The first-order valence-electron chi connectivity index (χ1n) is 7.51. The van der Waals surface area contributed by atoms with Crippen molar-refractivity contribution in [3.63, 3.8) is 0 Å². The molecule has 1 fully saturated rings. The molecule has 6 nitrogen and oxygen atoms in total. The zero-order valence-corrected chi connectivity index (χ0v) is 13.1. The molecule has 2 aromatic rings. The summed E-state index contributed by atoms with van der Waals surface area (Å²) in [6.45, 7) is 2.58. The molecule has 0 radical (unpaired) electrons. The van der Waals surface area contributed by atoms with Gasteiger partial charge in [-0.2, -0.15) is 10.4 Å². The second-order valence-corrected chi connectivity index (χ2v) is 5.66. The van der Waals surface area contributed by atoms with Crippen molar-refractivity contribution >= 4 is 5.91 Å². The van der Waals surface area contributed by atoms with Crippen molar-refractivity contribution in [1.29, 1.82) is 5.26 Å². The molecule has 3 rings (SSSR count). The highest BCUT2D eigenvalue weighted by Gasteiger charge is 2.33. The highest BCUT2D eigenvalue weighted by molar-refractivity contribution is 5.94. The number of ether oxygens (including phenoxy) is 1. The van der Waals surface area contributed by atoms with Crippen molar-refractivity contribution in [1.82, 2.24) is 15.1 Å². The summed E-state index contributed by atoms with van der Waals surface area (Å²) in [5, 5.41) is 16.2. The zero-order chi connectivity index (χ0) is 16.4. The van der Waals surface area contributed by atoms with Crippen molar-refractivity contribution in [3.8, 4) is 6.07 Å². The number of benzene rings is 1. The molecule has 1 aliphatic rings. The van der Waals surface area contributed by atoms with Crippen molar-refractivity contribution in [2.45, 2.75) is 25.5 Å². The first kappa shape index (κ1) is 15.3. The molecule has 0 saturated carbocycles. The topological polar surface area (TPSA) is 79.9 Å². The Labute approximate surface area is 134 Å². The molecule has 0 aliphatic carbocycles. The normalized spacial score (nSPS) is 20.2. The SMILES string of the molecule is Cc1c([C@H]2OCC[C@@H]2NC(=O)c2cccc(C#N)c2)cnn1C. The van der Waals surface area contributed by atoms with Gasteiger partial charge in [-0.05, 0) is 31.5 Å². The van der Waals surface area contributed by atoms with Gasteiger partial charge in [-0.3, -0.25) is 9.48 Å². The third-order valence-electron chi connectivity index (χ3n) is 4.24. The number of aromatic nitrogens is 2. The lowest BCUT2D eigenvalue weighted by Gasteiger charge is -2.20. The van der Waals surface area contributed by atoms with Gasteiger partial charge in [0, 0.05) is 30.5 Å². The van der Waals surface area contributed by atoms with E-state index in [-0.39, 0.29) is 18.1 Å². The molecule has 0 unspecified atom stereocenters. The smallest absolute Gasteiger partial charge is 0.251 e. The molecule has 1 amide bonds. The number of amides is 1. The number of nitrogens with one attached hydrogen (secondary N) is 1. The highest BCUT2D eigenvalue weighted by atomic mass is 16.5. The number of aryl methyl sites for hydroxylation is 1. The molecule has 118 valence electrons. The molecule has 2 heterocycles. The highest BCUT2D eigenvalue weighted by Crippen LogP contribution is 2.31. The number of carbonyl (C=O) groups excluding carboxylic acids is 1. The van der Waals surface area contributed by atoms with Crippen LogP contribution in [0.1, 0.15) is 39.7 Å². The molecule has 23 heavy (non-hydrogen) atoms. The summed E-state index contributed by atoms with van der Waals surface area (Å²) >= 11 is 0. The van der Waals surface area contributed by atoms with Crippen LogP contribution in [0.5, 0.6) is 0 Å². The molecular formula is C17H18N4O2. The minimum absolute atomic E-state index is 0.101. The fourth-order valence-electron chi connectivity index (χ4n) is 2.82. The minimum atomic E-state index is -0.191. The molecule has 1 saturated heterocycles. The maximum absolute atomic E-state index is 12.4. The largest absolute Gasteiger partial charge is 0.371 e. The Morgan fingerprint density at radius 3 is 3.04 bits per heavy atom. The van der Waals surface area contributed by atoms with Gasteiger partial charge in [0.25, 0.3) is 5.91 Å². The number of nitrogens with zero attached hydrogens (tertiary/aromatic N) is 3. The van der Waals surface area contributed by atoms with Crippen LogP contribution < -0.4 is 5.32 Å². The lowest BCUT2D eigenvalue weighted by molar-refractivity contribution is 0.0819. The summed E-state index contributed by atoms with van der Waals surface area (Å²) in [6, 6.07) is 8.63. The Balaban J connectivity index is 1.77. The summed E-state index contributed by atoms with van der Waals surface area (Å²) in [7, 11) is 1.88. The van der Waals surface area contributed by atoms with Crippen LogP contribution in [0.3, 0.4) is 0 Å². The zero-order valence-electron chi connectivity index (χ0n) is 13.1. The molecule has 1 aromatic heterocycles. The summed E-state index contributed by atoms with van der Waals surface area (Å²) < 4.78 is 7.60. The Morgan fingerprint density at radius 1 is 1.52 bits per heavy atom. The van der Waals surface area contributed by atoms with Crippen molar-refractivity contribution < 1.29 is 9.53 Å². The molecule has 6 heteroatoms. The van der Waals surface area contributed by atoms with Crippen LogP contribution >= 0.6 is 0 Å². The van der Waals surface area contributed by atoms with E-state index in [0.717, 1.165) is 17.7 Å². The molecule has 0 bridgehead atoms. The van der Waals surface area contributed by atoms with Gasteiger partial charge in [0.15, 0.2) is 0 Å². The first-order valence-corrected chi connectivity index (χ1v) is 7.51. The van der Waals surface area contributed by atoms with E-state index in [4.69, 9.17) is 10.00 Å². The number of carbonyl (C=O) groups is 1. The van der Waals surface area contributed by atoms with E-state index in [9.17, 15) is 4.79 Å². The quantitative estimate of drug-likeness (QED) is 0.938. The second kappa shape index (κ2) is 6.23. The van der Waals surface area contributed by atoms with Crippen molar-refractivity contribution in [3.05, 3.63) is 52.8 Å². The van der Waals surface area contributed by atoms with Gasteiger partial charge in [-0.1, -0.05) is 6.07 Å². The number of nitriles is 1. The van der Waals surface area contributed by atoms with E-state index in [1.807, 2.05) is 20.0 Å². The van der Waals surface area contributed by atoms with E-state index in [0.29, 0.717) is 17.7 Å². The lowest BCUT2D eigenvalue weighted by Crippen LogP contribution is -2.37. The molecule has 1 N–H and O–H groups in total. The Hall–Kier alpha value is -2.65. The van der Waals surface area contributed by atoms with E-state index < -0.39 is 0 Å². The van der Waals surface area contributed by atoms with Crippen LogP contribution in [0.25, 0.3) is 0 Å². The van der Waals surface area contributed by atoms with E-state index in [1.165, 1.54) is 0 Å². The average molecular weight is 310 g/mol. The third kappa shape index (κ3) is 2.96. The third-order valence-corrected chi connectivity index (χ3v) is 4.24. The van der Waals surface area contributed by atoms with Crippen LogP contribution in [0.4, 0.5) is 0 Å². The number of rotatable bonds is 3. The maximum atomic E-state index is 12.4. The molecular weight excluding hydrogens is 292 g/mol. The minimum Gasteiger partial charge on any atom is -0.371 e. The van der Waals surface area contributed by atoms with Crippen LogP contribution in [0.2, 0.25) is 0 Å². The van der Waals surface area contributed by atoms with Gasteiger partial charge in [0.1, 0.15) is 6.10 Å². The summed E-state index contributed by atoms with van der Waals surface area (Å²) in [5.74, 6) is -0.191. The Kier molecular flexibility index (Phi) is 4.13.